The molecule has 0 aliphatic carbocycles. The molecule has 0 saturated heterocycles. The fraction of sp³-hybridized carbons (Fsp3) is 0.350. The van der Waals surface area contributed by atoms with Crippen LogP contribution in [0.3, 0.4) is 0 Å². The lowest BCUT2D eigenvalue weighted by atomic mass is 9.81. The first-order chi connectivity index (χ1) is 11.6. The molecule has 0 N–H and O–H groups in total. The van der Waals surface area contributed by atoms with E-state index in [-0.39, 0.29) is 5.82 Å². The molecule has 126 valence electrons. The predicted molar refractivity (Wildman–Crippen MR) is 91.6 cm³/mol. The predicted octanol–water partition coefficient (Wildman–Crippen LogP) is 3.75. The zero-order valence-corrected chi connectivity index (χ0v) is 14.1. The van der Waals surface area contributed by atoms with E-state index in [1.807, 2.05) is 32.3 Å². The van der Waals surface area contributed by atoms with E-state index in [4.69, 9.17) is 4.74 Å². The van der Waals surface area contributed by atoms with Gasteiger partial charge in [-0.15, -0.1) is 0 Å². The lowest BCUT2D eigenvalue weighted by molar-refractivity contribution is -0.0163. The van der Waals surface area contributed by atoms with Gasteiger partial charge < -0.3 is 9.64 Å². The molecule has 2 aromatic carbocycles. The number of carbonyl (C=O) groups is 1. The molecule has 0 amide bonds. The van der Waals surface area contributed by atoms with Crippen molar-refractivity contribution in [3.8, 4) is 0 Å². The van der Waals surface area contributed by atoms with Crippen LogP contribution >= 0.6 is 0 Å². The first kappa shape index (κ1) is 16.8. The minimum absolute atomic E-state index is 0.255. The lowest BCUT2D eigenvalue weighted by Gasteiger charge is -2.31. The minimum Gasteiger partial charge on any atom is -0.361 e. The number of benzene rings is 2. The highest BCUT2D eigenvalue weighted by Gasteiger charge is 2.43. The molecular formula is C20H22FNO2. The van der Waals surface area contributed by atoms with Crippen LogP contribution in [0, 0.1) is 5.82 Å². The summed E-state index contributed by atoms with van der Waals surface area (Å²) in [7, 11) is 4.05. The van der Waals surface area contributed by atoms with Gasteiger partial charge in [-0.25, -0.2) is 4.39 Å². The normalized spacial score (nSPS) is 19.5. The topological polar surface area (TPSA) is 29.5 Å². The van der Waals surface area contributed by atoms with Gasteiger partial charge in [0.2, 0.25) is 0 Å². The molecule has 0 spiro atoms. The first-order valence-corrected chi connectivity index (χ1v) is 8.19. The number of nitrogens with zero attached hydrogens (tertiary/aromatic N) is 1. The van der Waals surface area contributed by atoms with Gasteiger partial charge >= 0.3 is 0 Å². The molecule has 4 heteroatoms. The third-order valence-corrected chi connectivity index (χ3v) is 4.62. The second-order valence-electron chi connectivity index (χ2n) is 6.54. The Kier molecular flexibility index (Phi) is 4.78. The zero-order valence-electron chi connectivity index (χ0n) is 14.1. The van der Waals surface area contributed by atoms with Crippen LogP contribution in [0.5, 0.6) is 0 Å². The molecule has 1 aliphatic heterocycles. The van der Waals surface area contributed by atoms with Gasteiger partial charge in [-0.05, 0) is 56.7 Å². The van der Waals surface area contributed by atoms with Crippen molar-refractivity contribution >= 4 is 6.29 Å². The summed E-state index contributed by atoms with van der Waals surface area (Å²) in [6.07, 6.45) is 2.41. The number of fused-ring (bicyclic) bond motifs is 1. The van der Waals surface area contributed by atoms with E-state index in [2.05, 4.69) is 4.90 Å². The number of hydrogen-bond donors (Lipinski definition) is 0. The number of halogens is 1. The maximum absolute atomic E-state index is 14.6. The summed E-state index contributed by atoms with van der Waals surface area (Å²) in [4.78, 5) is 13.1. The Balaban J connectivity index is 2.06. The SMILES string of the molecule is CN(C)CCCC1(c2ccccc2F)OCc2cc(C=O)ccc21. The van der Waals surface area contributed by atoms with Crippen LogP contribution in [-0.4, -0.2) is 31.8 Å². The van der Waals surface area contributed by atoms with Crippen molar-refractivity contribution in [2.45, 2.75) is 25.0 Å². The second-order valence-corrected chi connectivity index (χ2v) is 6.54. The van der Waals surface area contributed by atoms with E-state index < -0.39 is 5.60 Å². The molecule has 1 aliphatic rings. The van der Waals surface area contributed by atoms with Crippen LogP contribution < -0.4 is 0 Å². The minimum atomic E-state index is -0.780. The average molecular weight is 327 g/mol. The van der Waals surface area contributed by atoms with Crippen molar-refractivity contribution in [1.82, 2.24) is 4.90 Å². The van der Waals surface area contributed by atoms with Crippen molar-refractivity contribution in [2.24, 2.45) is 0 Å². The maximum Gasteiger partial charge on any atom is 0.150 e. The molecule has 2 aromatic rings. The summed E-state index contributed by atoms with van der Waals surface area (Å²) in [5.41, 5.74) is 2.35. The summed E-state index contributed by atoms with van der Waals surface area (Å²) >= 11 is 0. The molecule has 0 radical (unpaired) electrons. The van der Waals surface area contributed by atoms with Gasteiger partial charge in [-0.3, -0.25) is 4.79 Å². The molecule has 1 atom stereocenters. The van der Waals surface area contributed by atoms with Gasteiger partial charge in [-0.1, -0.05) is 30.3 Å². The van der Waals surface area contributed by atoms with Gasteiger partial charge in [0.05, 0.1) is 6.61 Å². The van der Waals surface area contributed by atoms with Gasteiger partial charge in [0.1, 0.15) is 17.7 Å². The van der Waals surface area contributed by atoms with Crippen molar-refractivity contribution in [3.05, 3.63) is 70.5 Å². The van der Waals surface area contributed by atoms with E-state index in [0.29, 0.717) is 24.2 Å². The summed E-state index contributed by atoms with van der Waals surface area (Å²) < 4.78 is 20.7. The highest BCUT2D eigenvalue weighted by Crippen LogP contribution is 2.46. The number of hydrogen-bond acceptors (Lipinski definition) is 3. The molecule has 1 heterocycles. The van der Waals surface area contributed by atoms with Crippen molar-refractivity contribution < 1.29 is 13.9 Å². The Morgan fingerprint density at radius 1 is 1.21 bits per heavy atom. The quantitative estimate of drug-likeness (QED) is 0.757. The van der Waals surface area contributed by atoms with Crippen molar-refractivity contribution in [1.29, 1.82) is 0 Å². The summed E-state index contributed by atoms with van der Waals surface area (Å²) in [6, 6.07) is 12.3. The van der Waals surface area contributed by atoms with Crippen LogP contribution in [0.25, 0.3) is 0 Å². The van der Waals surface area contributed by atoms with Gasteiger partial charge in [0, 0.05) is 11.1 Å². The third-order valence-electron chi connectivity index (χ3n) is 4.62. The summed E-state index contributed by atoms with van der Waals surface area (Å²) in [6.45, 7) is 1.30. The Morgan fingerprint density at radius 2 is 2.00 bits per heavy atom. The van der Waals surface area contributed by atoms with Crippen molar-refractivity contribution in [3.63, 3.8) is 0 Å². The highest BCUT2D eigenvalue weighted by molar-refractivity contribution is 5.75. The van der Waals surface area contributed by atoms with E-state index in [1.165, 1.54) is 6.07 Å². The largest absolute Gasteiger partial charge is 0.361 e. The molecule has 3 rings (SSSR count). The van der Waals surface area contributed by atoms with Gasteiger partial charge in [0.25, 0.3) is 0 Å². The standard InChI is InChI=1S/C20H22FNO2/c1-22(2)11-5-10-20(18-6-3-4-7-19(18)21)17-9-8-15(13-23)12-16(17)14-24-20/h3-4,6-9,12-13H,5,10-11,14H2,1-2H3. The monoisotopic (exact) mass is 327 g/mol. The Bertz CT molecular complexity index is 744. The van der Waals surface area contributed by atoms with E-state index in [0.717, 1.165) is 30.4 Å². The Hall–Kier alpha value is -2.04. The lowest BCUT2D eigenvalue weighted by Crippen LogP contribution is -2.29. The molecule has 0 bridgehead atoms. The second kappa shape index (κ2) is 6.83. The molecule has 0 aromatic heterocycles. The molecular weight excluding hydrogens is 305 g/mol. The average Bonchev–Trinajstić information content (AvgIpc) is 2.94. The number of carbonyl (C=O) groups excluding carboxylic acids is 1. The fourth-order valence-electron chi connectivity index (χ4n) is 3.48. The smallest absolute Gasteiger partial charge is 0.150 e. The van der Waals surface area contributed by atoms with Crippen LogP contribution in [0.1, 0.15) is 39.9 Å². The molecule has 24 heavy (non-hydrogen) atoms. The summed E-state index contributed by atoms with van der Waals surface area (Å²) in [5.74, 6) is -0.255. The Morgan fingerprint density at radius 3 is 2.71 bits per heavy atom. The first-order valence-electron chi connectivity index (χ1n) is 8.19. The number of aldehydes is 1. The fourth-order valence-corrected chi connectivity index (χ4v) is 3.48. The van der Waals surface area contributed by atoms with Crippen LogP contribution in [0.2, 0.25) is 0 Å². The van der Waals surface area contributed by atoms with E-state index in [1.54, 1.807) is 18.2 Å². The van der Waals surface area contributed by atoms with E-state index >= 15 is 0 Å². The van der Waals surface area contributed by atoms with Gasteiger partial charge in [0.15, 0.2) is 0 Å². The molecule has 1 unspecified atom stereocenters. The summed E-state index contributed by atoms with van der Waals surface area (Å²) in [5, 5.41) is 0. The van der Waals surface area contributed by atoms with Crippen molar-refractivity contribution in [2.75, 3.05) is 20.6 Å². The van der Waals surface area contributed by atoms with E-state index in [9.17, 15) is 9.18 Å². The third kappa shape index (κ3) is 2.99. The van der Waals surface area contributed by atoms with Gasteiger partial charge in [-0.2, -0.15) is 0 Å². The number of ether oxygens (including phenoxy) is 1. The molecule has 0 saturated carbocycles. The molecule has 3 nitrogen and oxygen atoms in total. The molecule has 0 fully saturated rings. The number of rotatable bonds is 6. The van der Waals surface area contributed by atoms with Crippen LogP contribution in [-0.2, 0) is 16.9 Å². The highest BCUT2D eigenvalue weighted by atomic mass is 19.1. The maximum atomic E-state index is 14.6. The van der Waals surface area contributed by atoms with Crippen LogP contribution in [0.15, 0.2) is 42.5 Å². The van der Waals surface area contributed by atoms with Crippen LogP contribution in [0.4, 0.5) is 4.39 Å². The Labute approximate surface area is 142 Å². The zero-order chi connectivity index (χ0) is 17.2.